The van der Waals surface area contributed by atoms with Crippen molar-refractivity contribution in [2.24, 2.45) is 0 Å². The van der Waals surface area contributed by atoms with Crippen molar-refractivity contribution in [1.82, 2.24) is 15.1 Å². The Bertz CT molecular complexity index is 858. The zero-order valence-electron chi connectivity index (χ0n) is 14.2. The van der Waals surface area contributed by atoms with Crippen LogP contribution in [0.15, 0.2) is 67.0 Å². The summed E-state index contributed by atoms with van der Waals surface area (Å²) < 4.78 is 7.19. The zero-order chi connectivity index (χ0) is 18.2. The van der Waals surface area contributed by atoms with Crippen LogP contribution >= 0.6 is 0 Å². The van der Waals surface area contributed by atoms with Crippen LogP contribution in [0.25, 0.3) is 5.69 Å². The van der Waals surface area contributed by atoms with Crippen LogP contribution in [0.4, 0.5) is 0 Å². The third kappa shape index (κ3) is 4.57. The first-order chi connectivity index (χ1) is 12.8. The molecule has 1 N–H and O–H groups in total. The minimum absolute atomic E-state index is 0.122. The number of hydrogen-bond acceptors (Lipinski definition) is 4. The smallest absolute Gasteiger partial charge is 0.257 e. The fourth-order valence-electron chi connectivity index (χ4n) is 2.49. The first kappa shape index (κ1) is 17.4. The van der Waals surface area contributed by atoms with Gasteiger partial charge in [0.2, 0.25) is 0 Å². The van der Waals surface area contributed by atoms with E-state index in [2.05, 4.69) is 10.4 Å². The molecule has 0 spiro atoms. The molecule has 0 radical (unpaired) electrons. The second-order valence-electron chi connectivity index (χ2n) is 5.66. The molecule has 0 atom stereocenters. The minimum Gasteiger partial charge on any atom is -0.483 e. The summed E-state index contributed by atoms with van der Waals surface area (Å²) in [6, 6.07) is 16.7. The van der Waals surface area contributed by atoms with Crippen molar-refractivity contribution >= 4 is 12.2 Å². The van der Waals surface area contributed by atoms with Gasteiger partial charge in [-0.05, 0) is 42.3 Å². The van der Waals surface area contributed by atoms with E-state index in [0.29, 0.717) is 24.1 Å². The molecule has 0 saturated heterocycles. The molecule has 0 bridgehead atoms. The molecule has 1 aromatic heterocycles. The second kappa shape index (κ2) is 8.62. The van der Waals surface area contributed by atoms with E-state index in [1.54, 1.807) is 35.1 Å². The summed E-state index contributed by atoms with van der Waals surface area (Å²) in [5.41, 5.74) is 2.54. The van der Waals surface area contributed by atoms with Gasteiger partial charge in [-0.1, -0.05) is 24.3 Å². The Morgan fingerprint density at radius 1 is 1.12 bits per heavy atom. The predicted molar refractivity (Wildman–Crippen MR) is 97.6 cm³/mol. The molecular formula is C20H19N3O3. The summed E-state index contributed by atoms with van der Waals surface area (Å²) in [5, 5.41) is 6.99. The summed E-state index contributed by atoms with van der Waals surface area (Å²) in [6.45, 7) is 0.391. The van der Waals surface area contributed by atoms with E-state index in [4.69, 9.17) is 4.74 Å². The molecule has 1 heterocycles. The summed E-state index contributed by atoms with van der Waals surface area (Å²) in [4.78, 5) is 22.8. The van der Waals surface area contributed by atoms with E-state index < -0.39 is 0 Å². The SMILES string of the molecule is O=Cc1ccccc1OCC(=O)NCCc1ccc(-n2cccn2)cc1. The Kier molecular flexibility index (Phi) is 5.77. The van der Waals surface area contributed by atoms with Gasteiger partial charge in [0.15, 0.2) is 12.9 Å². The Balaban J connectivity index is 1.43. The quantitative estimate of drug-likeness (QED) is 0.634. The number of aldehydes is 1. The molecule has 3 rings (SSSR count). The molecule has 0 aliphatic rings. The van der Waals surface area contributed by atoms with Gasteiger partial charge in [0, 0.05) is 18.9 Å². The number of benzene rings is 2. The third-order valence-corrected chi connectivity index (χ3v) is 3.85. The Morgan fingerprint density at radius 3 is 2.65 bits per heavy atom. The molecule has 2 aromatic carbocycles. The van der Waals surface area contributed by atoms with Crippen molar-refractivity contribution in [2.75, 3.05) is 13.2 Å². The number of para-hydroxylation sites is 1. The Labute approximate surface area is 151 Å². The first-order valence-electron chi connectivity index (χ1n) is 8.29. The molecule has 132 valence electrons. The van der Waals surface area contributed by atoms with Gasteiger partial charge in [-0.3, -0.25) is 9.59 Å². The maximum atomic E-state index is 11.9. The van der Waals surface area contributed by atoms with Crippen LogP contribution in [0, 0.1) is 0 Å². The number of nitrogens with zero attached hydrogens (tertiary/aromatic N) is 2. The molecular weight excluding hydrogens is 330 g/mol. The van der Waals surface area contributed by atoms with Gasteiger partial charge in [0.05, 0.1) is 11.3 Å². The van der Waals surface area contributed by atoms with Gasteiger partial charge in [0.1, 0.15) is 5.75 Å². The molecule has 0 unspecified atom stereocenters. The van der Waals surface area contributed by atoms with Crippen molar-refractivity contribution in [1.29, 1.82) is 0 Å². The van der Waals surface area contributed by atoms with E-state index in [0.717, 1.165) is 17.7 Å². The van der Waals surface area contributed by atoms with Gasteiger partial charge in [-0.25, -0.2) is 4.68 Å². The average molecular weight is 349 g/mol. The lowest BCUT2D eigenvalue weighted by Gasteiger charge is -2.09. The Morgan fingerprint density at radius 2 is 1.92 bits per heavy atom. The lowest BCUT2D eigenvalue weighted by atomic mass is 10.1. The van der Waals surface area contributed by atoms with Crippen molar-refractivity contribution in [3.63, 3.8) is 0 Å². The van der Waals surface area contributed by atoms with Crippen molar-refractivity contribution in [2.45, 2.75) is 6.42 Å². The number of amides is 1. The van der Waals surface area contributed by atoms with Crippen LogP contribution in [0.1, 0.15) is 15.9 Å². The van der Waals surface area contributed by atoms with Gasteiger partial charge >= 0.3 is 0 Å². The number of carbonyl (C=O) groups is 2. The highest BCUT2D eigenvalue weighted by molar-refractivity contribution is 5.80. The van der Waals surface area contributed by atoms with Crippen molar-refractivity contribution < 1.29 is 14.3 Å². The van der Waals surface area contributed by atoms with Crippen LogP contribution < -0.4 is 10.1 Å². The first-order valence-corrected chi connectivity index (χ1v) is 8.29. The number of aromatic nitrogens is 2. The number of rotatable bonds is 8. The van der Waals surface area contributed by atoms with E-state index in [-0.39, 0.29) is 12.5 Å². The number of hydrogen-bond donors (Lipinski definition) is 1. The highest BCUT2D eigenvalue weighted by Gasteiger charge is 2.06. The molecule has 26 heavy (non-hydrogen) atoms. The highest BCUT2D eigenvalue weighted by Crippen LogP contribution is 2.15. The molecule has 0 aliphatic carbocycles. The van der Waals surface area contributed by atoms with Crippen LogP contribution in [-0.4, -0.2) is 35.1 Å². The maximum absolute atomic E-state index is 11.9. The molecule has 6 heteroatoms. The fraction of sp³-hybridized carbons (Fsp3) is 0.150. The number of nitrogens with one attached hydrogen (secondary N) is 1. The molecule has 6 nitrogen and oxygen atoms in total. The second-order valence-corrected chi connectivity index (χ2v) is 5.66. The summed E-state index contributed by atoms with van der Waals surface area (Å²) >= 11 is 0. The normalized spacial score (nSPS) is 10.3. The average Bonchev–Trinajstić information content (AvgIpc) is 3.22. The summed E-state index contributed by atoms with van der Waals surface area (Å²) in [5.74, 6) is 0.186. The molecule has 0 aliphatic heterocycles. The Hall–Kier alpha value is -3.41. The van der Waals surface area contributed by atoms with E-state index in [9.17, 15) is 9.59 Å². The van der Waals surface area contributed by atoms with Crippen LogP contribution in [-0.2, 0) is 11.2 Å². The van der Waals surface area contributed by atoms with Gasteiger partial charge in [0.25, 0.3) is 5.91 Å². The van der Waals surface area contributed by atoms with Crippen LogP contribution in [0.2, 0.25) is 0 Å². The third-order valence-electron chi connectivity index (χ3n) is 3.85. The molecule has 0 fully saturated rings. The molecule has 0 saturated carbocycles. The maximum Gasteiger partial charge on any atom is 0.257 e. The number of ether oxygens (including phenoxy) is 1. The van der Waals surface area contributed by atoms with E-state index >= 15 is 0 Å². The fourth-order valence-corrected chi connectivity index (χ4v) is 2.49. The van der Waals surface area contributed by atoms with E-state index in [1.807, 2.05) is 36.5 Å². The van der Waals surface area contributed by atoms with Crippen molar-refractivity contribution in [3.8, 4) is 11.4 Å². The van der Waals surface area contributed by atoms with Crippen molar-refractivity contribution in [3.05, 3.63) is 78.1 Å². The largest absolute Gasteiger partial charge is 0.483 e. The highest BCUT2D eigenvalue weighted by atomic mass is 16.5. The topological polar surface area (TPSA) is 73.2 Å². The molecule has 1 amide bonds. The van der Waals surface area contributed by atoms with Gasteiger partial charge in [-0.15, -0.1) is 0 Å². The van der Waals surface area contributed by atoms with Crippen LogP contribution in [0.3, 0.4) is 0 Å². The summed E-state index contributed by atoms with van der Waals surface area (Å²) in [6.07, 6.45) is 5.05. The monoisotopic (exact) mass is 349 g/mol. The van der Waals surface area contributed by atoms with Crippen LogP contribution in [0.5, 0.6) is 5.75 Å². The predicted octanol–water partition coefficient (Wildman–Crippen LogP) is 2.42. The van der Waals surface area contributed by atoms with E-state index in [1.165, 1.54) is 0 Å². The van der Waals surface area contributed by atoms with Gasteiger partial charge < -0.3 is 10.1 Å². The minimum atomic E-state index is -0.223. The molecule has 3 aromatic rings. The van der Waals surface area contributed by atoms with Gasteiger partial charge in [-0.2, -0.15) is 5.10 Å². The summed E-state index contributed by atoms with van der Waals surface area (Å²) in [7, 11) is 0. The lowest BCUT2D eigenvalue weighted by molar-refractivity contribution is -0.123. The standard InChI is InChI=1S/C20H19N3O3/c24-14-17-4-1-2-5-19(17)26-15-20(25)21-12-10-16-6-8-18(9-7-16)23-13-3-11-22-23/h1-9,11,13-14H,10,12,15H2,(H,21,25). The number of carbonyl (C=O) groups excluding carboxylic acids is 2. The zero-order valence-corrected chi connectivity index (χ0v) is 14.2. The lowest BCUT2D eigenvalue weighted by Crippen LogP contribution is -2.30.